The van der Waals surface area contributed by atoms with Crippen molar-refractivity contribution in [3.63, 3.8) is 0 Å². The summed E-state index contributed by atoms with van der Waals surface area (Å²) in [6.45, 7) is 6.66. The molecule has 5 nitrogen and oxygen atoms in total. The number of unbranched alkanes of at least 4 members (excludes halogenated alkanes) is 3. The van der Waals surface area contributed by atoms with Crippen LogP contribution in [0.5, 0.6) is 17.2 Å². The molecule has 2 aromatic carbocycles. The van der Waals surface area contributed by atoms with E-state index in [0.29, 0.717) is 12.0 Å². The average molecular weight is 440 g/mol. The van der Waals surface area contributed by atoms with Crippen molar-refractivity contribution in [1.29, 1.82) is 0 Å². The molecule has 0 aliphatic heterocycles. The summed E-state index contributed by atoms with van der Waals surface area (Å²) >= 11 is 0. The maximum Gasteiger partial charge on any atom is 0.251 e. The van der Waals surface area contributed by atoms with Crippen LogP contribution in [0.2, 0.25) is 0 Å². The molecule has 0 aromatic heterocycles. The van der Waals surface area contributed by atoms with E-state index in [1.165, 1.54) is 19.3 Å². The quantitative estimate of drug-likeness (QED) is 0.349. The summed E-state index contributed by atoms with van der Waals surface area (Å²) in [6, 6.07) is 8.93. The van der Waals surface area contributed by atoms with E-state index in [2.05, 4.69) is 26.1 Å². The molecule has 0 saturated carbocycles. The first-order chi connectivity index (χ1) is 15.2. The lowest BCUT2D eigenvalue weighted by molar-refractivity contribution is 0.0933. The van der Waals surface area contributed by atoms with Crippen molar-refractivity contribution in [3.8, 4) is 17.2 Å². The topological polar surface area (TPSA) is 78.8 Å². The predicted molar refractivity (Wildman–Crippen MR) is 128 cm³/mol. The van der Waals surface area contributed by atoms with E-state index < -0.39 is 0 Å². The summed E-state index contributed by atoms with van der Waals surface area (Å²) in [6.07, 6.45) is 8.08. The lowest BCUT2D eigenvalue weighted by Gasteiger charge is -2.28. The smallest absolute Gasteiger partial charge is 0.251 e. The van der Waals surface area contributed by atoms with Crippen molar-refractivity contribution in [2.75, 3.05) is 7.11 Å². The highest BCUT2D eigenvalue weighted by Crippen LogP contribution is 2.37. The van der Waals surface area contributed by atoms with Crippen LogP contribution in [0, 0.1) is 0 Å². The van der Waals surface area contributed by atoms with Gasteiger partial charge in [-0.1, -0.05) is 46.5 Å². The molecule has 174 valence electrons. The van der Waals surface area contributed by atoms with Gasteiger partial charge in [-0.25, -0.2) is 0 Å². The van der Waals surface area contributed by atoms with Gasteiger partial charge in [0, 0.05) is 17.2 Å². The van der Waals surface area contributed by atoms with Gasteiger partial charge in [0.15, 0.2) is 11.5 Å². The van der Waals surface area contributed by atoms with Crippen LogP contribution in [-0.4, -0.2) is 29.3 Å². The zero-order chi connectivity index (χ0) is 23.3. The Morgan fingerprint density at radius 3 is 2.50 bits per heavy atom. The summed E-state index contributed by atoms with van der Waals surface area (Å²) in [5.74, 6) is 0.530. The number of aromatic hydroxyl groups is 2. The second kappa shape index (κ2) is 10.3. The summed E-state index contributed by atoms with van der Waals surface area (Å²) < 4.78 is 5.63. The molecule has 0 saturated heterocycles. The molecule has 0 spiro atoms. The molecule has 0 radical (unpaired) electrons. The molecule has 5 heteroatoms. The largest absolute Gasteiger partial charge is 0.504 e. The summed E-state index contributed by atoms with van der Waals surface area (Å²) in [5, 5.41) is 22.7. The number of nitrogens with one attached hydrogen (secondary N) is 1. The monoisotopic (exact) mass is 439 g/mol. The number of carbonyl (C=O) groups is 1. The normalized spacial score (nSPS) is 15.8. The number of benzene rings is 2. The highest BCUT2D eigenvalue weighted by Gasteiger charge is 2.27. The third-order valence-corrected chi connectivity index (χ3v) is 6.71. The zero-order valence-electron chi connectivity index (χ0n) is 19.8. The van der Waals surface area contributed by atoms with E-state index in [4.69, 9.17) is 4.74 Å². The fourth-order valence-electron chi connectivity index (χ4n) is 4.68. The second-order valence-electron chi connectivity index (χ2n) is 9.63. The second-order valence-corrected chi connectivity index (χ2v) is 9.63. The first kappa shape index (κ1) is 24.0. The van der Waals surface area contributed by atoms with Crippen molar-refractivity contribution in [1.82, 2.24) is 5.32 Å². The first-order valence-electron chi connectivity index (χ1n) is 11.8. The van der Waals surface area contributed by atoms with Crippen LogP contribution in [0.3, 0.4) is 0 Å². The number of carbonyl (C=O) groups excluding carboxylic acids is 1. The average Bonchev–Trinajstić information content (AvgIpc) is 2.77. The number of hydrogen-bond donors (Lipinski definition) is 3. The van der Waals surface area contributed by atoms with Gasteiger partial charge in [-0.2, -0.15) is 0 Å². The molecular formula is C27H37NO4. The van der Waals surface area contributed by atoms with Gasteiger partial charge >= 0.3 is 0 Å². The van der Waals surface area contributed by atoms with Gasteiger partial charge in [-0.05, 0) is 72.6 Å². The van der Waals surface area contributed by atoms with Gasteiger partial charge in [0.2, 0.25) is 0 Å². The predicted octanol–water partition coefficient (Wildman–Crippen LogP) is 5.64. The molecule has 0 fully saturated rings. The van der Waals surface area contributed by atoms with E-state index in [1.54, 1.807) is 19.2 Å². The first-order valence-corrected chi connectivity index (χ1v) is 11.8. The number of fused-ring (bicyclic) bond motifs is 1. The van der Waals surface area contributed by atoms with Gasteiger partial charge in [-0.15, -0.1) is 0 Å². The number of amides is 1. The molecule has 0 bridgehead atoms. The summed E-state index contributed by atoms with van der Waals surface area (Å²) in [4.78, 5) is 13.1. The maximum absolute atomic E-state index is 13.1. The van der Waals surface area contributed by atoms with Crippen molar-refractivity contribution in [2.45, 2.75) is 83.6 Å². The molecule has 32 heavy (non-hydrogen) atoms. The minimum Gasteiger partial charge on any atom is -0.504 e. The molecule has 1 aliphatic rings. The SMILES string of the molecule is CCCCCCC(C)(C)c1cc(C(=O)NC2CCc3cc(O)c(O)cc3C2)ccc1OC. The summed E-state index contributed by atoms with van der Waals surface area (Å²) in [5.41, 5.74) is 3.63. The molecule has 2 aromatic rings. The van der Waals surface area contributed by atoms with E-state index in [9.17, 15) is 15.0 Å². The van der Waals surface area contributed by atoms with E-state index in [1.807, 2.05) is 18.2 Å². The number of phenols is 2. The Bertz CT molecular complexity index is 951. The molecule has 1 unspecified atom stereocenters. The molecule has 0 heterocycles. The van der Waals surface area contributed by atoms with Crippen LogP contribution in [0.25, 0.3) is 0 Å². The van der Waals surface area contributed by atoms with Crippen LogP contribution < -0.4 is 10.1 Å². The maximum atomic E-state index is 13.1. The van der Waals surface area contributed by atoms with Crippen LogP contribution >= 0.6 is 0 Å². The lowest BCUT2D eigenvalue weighted by Crippen LogP contribution is -2.39. The number of ether oxygens (including phenoxy) is 1. The number of methoxy groups -OCH3 is 1. The Morgan fingerprint density at radius 1 is 1.09 bits per heavy atom. The van der Waals surface area contributed by atoms with Crippen LogP contribution in [0.1, 0.15) is 86.3 Å². The third-order valence-electron chi connectivity index (χ3n) is 6.71. The number of hydrogen-bond acceptors (Lipinski definition) is 4. The highest BCUT2D eigenvalue weighted by molar-refractivity contribution is 5.95. The van der Waals surface area contributed by atoms with E-state index in [-0.39, 0.29) is 28.9 Å². The van der Waals surface area contributed by atoms with E-state index in [0.717, 1.165) is 48.1 Å². The Hall–Kier alpha value is -2.69. The minimum absolute atomic E-state index is 0.00783. The van der Waals surface area contributed by atoms with Gasteiger partial charge < -0.3 is 20.3 Å². The van der Waals surface area contributed by atoms with Gasteiger partial charge in [0.1, 0.15) is 5.75 Å². The van der Waals surface area contributed by atoms with Gasteiger partial charge in [0.05, 0.1) is 7.11 Å². The van der Waals surface area contributed by atoms with Crippen LogP contribution in [0.4, 0.5) is 0 Å². The molecule has 1 atom stereocenters. The van der Waals surface area contributed by atoms with Crippen molar-refractivity contribution in [3.05, 3.63) is 52.6 Å². The number of rotatable bonds is 9. The molecule has 3 N–H and O–H groups in total. The molecule has 1 amide bonds. The van der Waals surface area contributed by atoms with Crippen molar-refractivity contribution < 1.29 is 19.7 Å². The van der Waals surface area contributed by atoms with Crippen LogP contribution in [0.15, 0.2) is 30.3 Å². The van der Waals surface area contributed by atoms with Crippen LogP contribution in [-0.2, 0) is 18.3 Å². The lowest BCUT2D eigenvalue weighted by atomic mass is 9.78. The Kier molecular flexibility index (Phi) is 7.70. The van der Waals surface area contributed by atoms with Gasteiger partial charge in [-0.3, -0.25) is 4.79 Å². The molecule has 1 aliphatic carbocycles. The number of aryl methyl sites for hydroxylation is 1. The van der Waals surface area contributed by atoms with E-state index >= 15 is 0 Å². The van der Waals surface area contributed by atoms with Gasteiger partial charge in [0.25, 0.3) is 5.91 Å². The Balaban J connectivity index is 1.73. The van der Waals surface area contributed by atoms with Crippen molar-refractivity contribution in [2.24, 2.45) is 0 Å². The Labute approximate surface area is 191 Å². The minimum atomic E-state index is -0.114. The molecular weight excluding hydrogens is 402 g/mol. The highest BCUT2D eigenvalue weighted by atomic mass is 16.5. The summed E-state index contributed by atoms with van der Waals surface area (Å²) in [7, 11) is 1.68. The number of phenolic OH excluding ortho intramolecular Hbond substituents is 2. The Morgan fingerprint density at radius 2 is 1.81 bits per heavy atom. The zero-order valence-corrected chi connectivity index (χ0v) is 19.8. The standard InChI is InChI=1S/C27H37NO4/c1-5-6-7-8-13-27(2,3)22-15-19(10-12-25(22)32-4)26(31)28-21-11-9-18-16-23(29)24(30)17-20(18)14-21/h10,12,15-17,21,29-30H,5-9,11,13-14H2,1-4H3,(H,28,31). The van der Waals surface area contributed by atoms with Crippen molar-refractivity contribution >= 4 is 5.91 Å². The fraction of sp³-hybridized carbons (Fsp3) is 0.519. The molecule has 3 rings (SSSR count). The third kappa shape index (κ3) is 5.56. The fourth-order valence-corrected chi connectivity index (χ4v) is 4.68.